The van der Waals surface area contributed by atoms with E-state index in [1.165, 1.54) is 13.2 Å². The number of nitrogens with one attached hydrogen (secondary N) is 1. The monoisotopic (exact) mass is 800 g/mol. The van der Waals surface area contributed by atoms with Gasteiger partial charge in [-0.15, -0.1) is 0 Å². The largest absolute Gasteiger partial charge is 0.507 e. The summed E-state index contributed by atoms with van der Waals surface area (Å²) in [4.78, 5) is 52.8. The van der Waals surface area contributed by atoms with Gasteiger partial charge in [0.2, 0.25) is 0 Å². The Morgan fingerprint density at radius 3 is 2.28 bits per heavy atom. The lowest BCUT2D eigenvalue weighted by molar-refractivity contribution is -0.157. The standard InChI is InChI=1S/C45H60N4O9/c1-12-30(50)57-40-23(3)14-13-15-24(4)43(55)46-36-35-34(47-45(48-35)17-19-49(11)20-18-45)31-32(39(36)53)38(52)29(9)41-33(31)42(54)44(10,58-41)56-21-16-22(2)25(5)26(6)27(7)37(51)28(40)8/h13-16,21-23,25-28,37,40,47,51-53H,12,17-20H2,1-11H3/b14-13+,21-16+,24-15-,46-36?/t22-,23-,25+,26+,27-,28-,37-,40-,44-/m0/s1. The lowest BCUT2D eigenvalue weighted by Gasteiger charge is -2.38. The molecule has 9 atom stereocenters. The molecule has 0 aliphatic carbocycles. The number of carbonyl (C=O) groups excluding carboxylic acids is 3. The lowest BCUT2D eigenvalue weighted by atomic mass is 9.72. The van der Waals surface area contributed by atoms with E-state index in [0.29, 0.717) is 18.5 Å². The summed E-state index contributed by atoms with van der Waals surface area (Å²) >= 11 is 0. The van der Waals surface area contributed by atoms with Gasteiger partial charge in [-0.05, 0) is 50.6 Å². The minimum atomic E-state index is -1.81. The van der Waals surface area contributed by atoms with Crippen LogP contribution in [0.4, 0.5) is 5.69 Å². The highest BCUT2D eigenvalue weighted by Gasteiger charge is 2.50. The van der Waals surface area contributed by atoms with Crippen LogP contribution in [0.1, 0.15) is 97.5 Å². The van der Waals surface area contributed by atoms with Crippen molar-refractivity contribution >= 4 is 34.1 Å². The Kier molecular flexibility index (Phi) is 11.9. The van der Waals surface area contributed by atoms with E-state index in [-0.39, 0.29) is 91.7 Å². The Hall–Kier alpha value is -4.75. The summed E-state index contributed by atoms with van der Waals surface area (Å²) < 4.78 is 18.4. The van der Waals surface area contributed by atoms with Crippen molar-refractivity contribution in [3.05, 3.63) is 58.0 Å². The minimum Gasteiger partial charge on any atom is -0.507 e. The fraction of sp³-hybridized carbons (Fsp3) is 0.578. The average Bonchev–Trinajstić information content (AvgIpc) is 3.70. The molecule has 0 radical (unpaired) electrons. The van der Waals surface area contributed by atoms with Crippen LogP contribution in [0.25, 0.3) is 10.8 Å². The van der Waals surface area contributed by atoms with Crippen molar-refractivity contribution in [1.29, 1.82) is 0 Å². The number of phenolic OH excluding ortho intramolecular Hbond substituents is 2. The molecular formula is C45H60N4O9. The topological polar surface area (TPSA) is 180 Å². The Labute approximate surface area is 340 Å². The van der Waals surface area contributed by atoms with Crippen LogP contribution >= 0.6 is 0 Å². The van der Waals surface area contributed by atoms with E-state index in [9.17, 15) is 29.7 Å². The number of benzene rings is 2. The highest BCUT2D eigenvalue weighted by atomic mass is 16.7. The molecular weight excluding hydrogens is 741 g/mol. The van der Waals surface area contributed by atoms with E-state index in [0.717, 1.165) is 13.1 Å². The number of ketones is 1. The van der Waals surface area contributed by atoms with E-state index in [2.05, 4.69) is 29.1 Å². The lowest BCUT2D eigenvalue weighted by Crippen LogP contribution is -2.45. The summed E-state index contributed by atoms with van der Waals surface area (Å²) in [6.07, 6.45) is 8.37. The Balaban J connectivity index is 1.56. The van der Waals surface area contributed by atoms with Gasteiger partial charge < -0.3 is 39.7 Å². The van der Waals surface area contributed by atoms with Crippen molar-refractivity contribution in [2.45, 2.75) is 112 Å². The molecule has 314 valence electrons. The number of piperidine rings is 1. The SMILES string of the molecule is CCC(=O)O[C@@H]1[C@@H](C)[C@@H](O)[C@@H](C)[C@H](C)[C@H](C)[C@@H](C)/C=C/O[C@@]2(C)Oc3c(C)c(O)c4c(O)c(c5c(c4c3C2=O)NC2(CCN(C)CC2)N=5)=NC(=O)/C(C)=C\C=C\[C@@H]1C. The zero-order chi connectivity index (χ0) is 42.6. The van der Waals surface area contributed by atoms with Crippen LogP contribution in [0, 0.1) is 42.4 Å². The zero-order valence-electron chi connectivity index (χ0n) is 35.7. The maximum atomic E-state index is 14.6. The predicted molar refractivity (Wildman–Crippen MR) is 220 cm³/mol. The van der Waals surface area contributed by atoms with Gasteiger partial charge in [0.15, 0.2) is 5.75 Å². The van der Waals surface area contributed by atoms with Crippen LogP contribution in [0.5, 0.6) is 17.2 Å². The third kappa shape index (κ3) is 7.51. The molecule has 13 nitrogen and oxygen atoms in total. The second kappa shape index (κ2) is 16.1. The predicted octanol–water partition coefficient (Wildman–Crippen LogP) is 6.01. The molecule has 1 saturated heterocycles. The summed E-state index contributed by atoms with van der Waals surface area (Å²) in [5, 5.41) is 39.3. The number of aliphatic hydroxyl groups excluding tert-OH is 1. The van der Waals surface area contributed by atoms with Crippen LogP contribution in [-0.4, -0.2) is 81.7 Å². The highest BCUT2D eigenvalue weighted by Crippen LogP contribution is 2.51. The van der Waals surface area contributed by atoms with E-state index in [1.54, 1.807) is 32.9 Å². The van der Waals surface area contributed by atoms with Crippen molar-refractivity contribution in [2.75, 3.05) is 25.5 Å². The van der Waals surface area contributed by atoms with Gasteiger partial charge in [-0.1, -0.05) is 66.7 Å². The average molecular weight is 801 g/mol. The molecule has 5 heterocycles. The number of allylic oxidation sites excluding steroid dienone is 3. The summed E-state index contributed by atoms with van der Waals surface area (Å²) in [5.74, 6) is -4.98. The van der Waals surface area contributed by atoms with Crippen molar-refractivity contribution in [3.63, 3.8) is 0 Å². The molecule has 13 heteroatoms. The molecule has 0 aromatic heterocycles. The van der Waals surface area contributed by atoms with Crippen molar-refractivity contribution in [1.82, 2.24) is 4.90 Å². The first-order chi connectivity index (χ1) is 27.3. The smallest absolute Gasteiger partial charge is 0.312 e. The third-order valence-electron chi connectivity index (χ3n) is 13.4. The van der Waals surface area contributed by atoms with Gasteiger partial charge in [-0.2, -0.15) is 0 Å². The number of fused-ring (bicyclic) bond motifs is 13. The van der Waals surface area contributed by atoms with Crippen LogP contribution in [0.15, 0.2) is 46.1 Å². The number of aliphatic hydroxyl groups is 1. The highest BCUT2D eigenvalue weighted by molar-refractivity contribution is 6.21. The fourth-order valence-electron chi connectivity index (χ4n) is 8.80. The molecule has 1 spiro atoms. The first-order valence-electron chi connectivity index (χ1n) is 20.6. The Morgan fingerprint density at radius 1 is 0.948 bits per heavy atom. The van der Waals surface area contributed by atoms with Gasteiger partial charge in [0.1, 0.15) is 34.0 Å². The molecule has 1 amide bonds. The van der Waals surface area contributed by atoms with Gasteiger partial charge in [0, 0.05) is 67.6 Å². The van der Waals surface area contributed by atoms with E-state index in [4.69, 9.17) is 19.2 Å². The summed E-state index contributed by atoms with van der Waals surface area (Å²) in [7, 11) is 2.02. The zero-order valence-corrected chi connectivity index (χ0v) is 35.7. The Bertz CT molecular complexity index is 2220. The maximum Gasteiger partial charge on any atom is 0.312 e. The number of ether oxygens (including phenoxy) is 3. The van der Waals surface area contributed by atoms with Gasteiger partial charge in [-0.3, -0.25) is 19.4 Å². The van der Waals surface area contributed by atoms with Gasteiger partial charge in [0.05, 0.1) is 29.0 Å². The molecule has 7 rings (SSSR count). The van der Waals surface area contributed by atoms with Crippen LogP contribution in [-0.2, 0) is 19.1 Å². The molecule has 0 saturated carbocycles. The van der Waals surface area contributed by atoms with Gasteiger partial charge in [0.25, 0.3) is 11.7 Å². The number of anilines is 1. The molecule has 2 aromatic rings. The van der Waals surface area contributed by atoms with Crippen molar-refractivity contribution < 1.29 is 43.9 Å². The third-order valence-corrected chi connectivity index (χ3v) is 13.4. The number of nitrogens with zero attached hydrogens (tertiary/aromatic N) is 3. The molecule has 5 bridgehead atoms. The summed E-state index contributed by atoms with van der Waals surface area (Å²) in [5.41, 5.74) is 0.138. The number of aromatic hydroxyl groups is 2. The second-order valence-corrected chi connectivity index (χ2v) is 17.3. The number of hydrogen-bond donors (Lipinski definition) is 4. The maximum absolute atomic E-state index is 14.6. The molecule has 4 N–H and O–H groups in total. The van der Waals surface area contributed by atoms with Crippen LogP contribution in [0.3, 0.4) is 0 Å². The number of hydrogen-bond acceptors (Lipinski definition) is 12. The Morgan fingerprint density at radius 2 is 1.62 bits per heavy atom. The second-order valence-electron chi connectivity index (χ2n) is 17.3. The number of carbonyl (C=O) groups is 3. The van der Waals surface area contributed by atoms with Crippen LogP contribution in [0.2, 0.25) is 0 Å². The van der Waals surface area contributed by atoms with E-state index < -0.39 is 47.0 Å². The molecule has 5 aliphatic rings. The number of amides is 1. The minimum absolute atomic E-state index is 0.0167. The first kappa shape index (κ1) is 42.8. The van der Waals surface area contributed by atoms with E-state index >= 15 is 0 Å². The normalized spacial score (nSPS) is 33.6. The molecule has 5 aliphatic heterocycles. The van der Waals surface area contributed by atoms with Crippen LogP contribution < -0.4 is 20.8 Å². The van der Waals surface area contributed by atoms with Gasteiger partial charge >= 0.3 is 11.8 Å². The number of likely N-dealkylation sites (tertiary alicyclic amines) is 1. The number of rotatable bonds is 2. The number of phenols is 2. The molecule has 0 unspecified atom stereocenters. The number of Topliss-reactive ketones (excluding diaryl/α,β-unsaturated/α-hetero) is 1. The van der Waals surface area contributed by atoms with Gasteiger partial charge in [-0.25, -0.2) is 4.99 Å². The van der Waals surface area contributed by atoms with E-state index in [1.807, 2.05) is 46.9 Å². The van der Waals surface area contributed by atoms with Crippen molar-refractivity contribution in [2.24, 2.45) is 45.5 Å². The fourth-order valence-corrected chi connectivity index (χ4v) is 8.80. The summed E-state index contributed by atoms with van der Waals surface area (Å²) in [6.45, 7) is 19.9. The molecule has 1 fully saturated rings. The summed E-state index contributed by atoms with van der Waals surface area (Å²) in [6, 6.07) is 0. The number of esters is 1. The molecule has 2 aromatic carbocycles. The van der Waals surface area contributed by atoms with Crippen molar-refractivity contribution in [3.8, 4) is 17.2 Å². The quantitative estimate of drug-likeness (QED) is 0.207. The first-order valence-corrected chi connectivity index (χ1v) is 20.6. The molecule has 58 heavy (non-hydrogen) atoms.